The first kappa shape index (κ1) is 37.2. The molecule has 0 saturated carbocycles. The quantitative estimate of drug-likeness (QED) is 0.196. The Morgan fingerprint density at radius 2 is 1.18 bits per heavy atom. The van der Waals surface area contributed by atoms with E-state index in [1.165, 1.54) is 0 Å². The second-order valence-electron chi connectivity index (χ2n) is 13.0. The molecule has 0 spiro atoms. The van der Waals surface area contributed by atoms with Crippen LogP contribution in [0, 0.1) is 5.92 Å². The second-order valence-corrected chi connectivity index (χ2v) is 13.0. The van der Waals surface area contributed by atoms with Gasteiger partial charge >= 0.3 is 0 Å². The highest BCUT2D eigenvalue weighted by molar-refractivity contribution is 6.29. The van der Waals surface area contributed by atoms with Gasteiger partial charge in [-0.2, -0.15) is 0 Å². The Balaban J connectivity index is 1.29. The van der Waals surface area contributed by atoms with Gasteiger partial charge in [-0.1, -0.05) is 63.2 Å². The topological polar surface area (TPSA) is 119 Å². The van der Waals surface area contributed by atoms with E-state index >= 15 is 0 Å². The van der Waals surface area contributed by atoms with Gasteiger partial charge in [0.25, 0.3) is 11.8 Å². The SMILES string of the molecule is CCN(CC)c1ccc(C(=O)c2ccccc2C(=O)N2CCN(C(=O)c3ccccc3C(=O)C3=CCC(N(CC)CC)C(C)C3=O)CC2)c(O)c1. The Kier molecular flexibility index (Phi) is 11.9. The van der Waals surface area contributed by atoms with Crippen LogP contribution >= 0.6 is 0 Å². The summed E-state index contributed by atoms with van der Waals surface area (Å²) in [5, 5.41) is 10.8. The molecule has 1 saturated heterocycles. The first-order valence-electron chi connectivity index (χ1n) is 18.0. The highest BCUT2D eigenvalue weighted by atomic mass is 16.3. The number of Topliss-reactive ketones (excluding diaryl/α,β-unsaturated/α-hetero) is 2. The summed E-state index contributed by atoms with van der Waals surface area (Å²) in [4.78, 5) is 76.0. The van der Waals surface area contributed by atoms with E-state index in [0.717, 1.165) is 31.9 Å². The number of benzene rings is 3. The summed E-state index contributed by atoms with van der Waals surface area (Å²) in [5.41, 5.74) is 1.85. The van der Waals surface area contributed by atoms with E-state index in [1.807, 2.05) is 20.8 Å². The summed E-state index contributed by atoms with van der Waals surface area (Å²) in [7, 11) is 0. The summed E-state index contributed by atoms with van der Waals surface area (Å²) in [6.45, 7) is 14.0. The largest absolute Gasteiger partial charge is 0.507 e. The molecule has 1 heterocycles. The minimum Gasteiger partial charge on any atom is -0.507 e. The van der Waals surface area contributed by atoms with Crippen molar-refractivity contribution < 1.29 is 29.1 Å². The molecule has 1 aliphatic heterocycles. The molecule has 10 nitrogen and oxygen atoms in total. The fraction of sp³-hybridized carbons (Fsp3) is 0.390. The second kappa shape index (κ2) is 16.3. The molecule has 51 heavy (non-hydrogen) atoms. The maximum atomic E-state index is 13.8. The minimum atomic E-state index is -0.456. The maximum absolute atomic E-state index is 13.8. The molecular formula is C41H48N4O6. The van der Waals surface area contributed by atoms with Gasteiger partial charge < -0.3 is 19.8 Å². The van der Waals surface area contributed by atoms with Crippen LogP contribution in [0.3, 0.4) is 0 Å². The van der Waals surface area contributed by atoms with Crippen molar-refractivity contribution in [1.29, 1.82) is 0 Å². The lowest BCUT2D eigenvalue weighted by Crippen LogP contribution is -2.51. The number of hydrogen-bond donors (Lipinski definition) is 1. The van der Waals surface area contributed by atoms with Crippen LogP contribution in [0.2, 0.25) is 0 Å². The molecule has 5 rings (SSSR count). The van der Waals surface area contributed by atoms with Crippen molar-refractivity contribution in [2.75, 3.05) is 57.3 Å². The molecule has 3 aromatic carbocycles. The molecule has 2 atom stereocenters. The monoisotopic (exact) mass is 692 g/mol. The van der Waals surface area contributed by atoms with Gasteiger partial charge in [0.1, 0.15) is 5.75 Å². The van der Waals surface area contributed by atoms with E-state index in [-0.39, 0.29) is 94.9 Å². The summed E-state index contributed by atoms with van der Waals surface area (Å²) in [6.07, 6.45) is 2.31. The number of allylic oxidation sites excluding steroid dienone is 1. The van der Waals surface area contributed by atoms with Gasteiger partial charge in [0, 0.05) is 74.1 Å². The summed E-state index contributed by atoms with van der Waals surface area (Å²) < 4.78 is 0. The Morgan fingerprint density at radius 3 is 1.65 bits per heavy atom. The Hall–Kier alpha value is -5.09. The van der Waals surface area contributed by atoms with Gasteiger partial charge in [0.15, 0.2) is 17.3 Å². The van der Waals surface area contributed by atoms with E-state index in [0.29, 0.717) is 6.42 Å². The lowest BCUT2D eigenvalue weighted by Gasteiger charge is -2.36. The number of phenols is 1. The molecule has 0 radical (unpaired) electrons. The van der Waals surface area contributed by atoms with Crippen molar-refractivity contribution in [3.8, 4) is 5.75 Å². The zero-order valence-corrected chi connectivity index (χ0v) is 30.2. The number of nitrogens with zero attached hydrogens (tertiary/aromatic N) is 4. The summed E-state index contributed by atoms with van der Waals surface area (Å²) >= 11 is 0. The van der Waals surface area contributed by atoms with E-state index in [4.69, 9.17) is 0 Å². The number of ketones is 3. The van der Waals surface area contributed by atoms with E-state index in [9.17, 15) is 29.1 Å². The lowest BCUT2D eigenvalue weighted by molar-refractivity contribution is -0.121. The number of rotatable bonds is 12. The van der Waals surface area contributed by atoms with Crippen molar-refractivity contribution in [3.63, 3.8) is 0 Å². The van der Waals surface area contributed by atoms with Crippen LogP contribution in [-0.4, -0.2) is 107 Å². The molecule has 2 aliphatic rings. The van der Waals surface area contributed by atoms with E-state index < -0.39 is 11.6 Å². The van der Waals surface area contributed by atoms with Crippen LogP contribution in [0.5, 0.6) is 5.75 Å². The zero-order valence-electron chi connectivity index (χ0n) is 30.2. The fourth-order valence-electron chi connectivity index (χ4n) is 7.30. The number of carbonyl (C=O) groups is 5. The van der Waals surface area contributed by atoms with Crippen LogP contribution in [0.25, 0.3) is 0 Å². The van der Waals surface area contributed by atoms with Gasteiger partial charge in [-0.05, 0) is 57.6 Å². The lowest BCUT2D eigenvalue weighted by atomic mass is 9.80. The third-order valence-corrected chi connectivity index (χ3v) is 10.4. The van der Waals surface area contributed by atoms with Crippen LogP contribution in [0.4, 0.5) is 5.69 Å². The number of amides is 2. The third kappa shape index (κ3) is 7.51. The van der Waals surface area contributed by atoms with Crippen LogP contribution in [0.15, 0.2) is 78.4 Å². The molecule has 3 aromatic rings. The smallest absolute Gasteiger partial charge is 0.254 e. The van der Waals surface area contributed by atoms with Crippen LogP contribution in [-0.2, 0) is 4.79 Å². The average molecular weight is 693 g/mol. The average Bonchev–Trinajstić information content (AvgIpc) is 3.16. The number of aromatic hydroxyl groups is 1. The minimum absolute atomic E-state index is 0.0290. The Labute approximate surface area is 300 Å². The van der Waals surface area contributed by atoms with Crippen molar-refractivity contribution in [2.24, 2.45) is 5.92 Å². The predicted molar refractivity (Wildman–Crippen MR) is 198 cm³/mol. The molecule has 1 fully saturated rings. The Morgan fingerprint density at radius 1 is 0.686 bits per heavy atom. The molecule has 0 aromatic heterocycles. The molecule has 268 valence electrons. The normalized spacial score (nSPS) is 17.7. The van der Waals surface area contributed by atoms with Gasteiger partial charge in [0.2, 0.25) is 0 Å². The van der Waals surface area contributed by atoms with Crippen molar-refractivity contribution >= 4 is 34.9 Å². The number of piperazine rings is 1. The summed E-state index contributed by atoms with van der Waals surface area (Å²) in [6, 6.07) is 18.1. The third-order valence-electron chi connectivity index (χ3n) is 10.4. The van der Waals surface area contributed by atoms with Gasteiger partial charge in [-0.15, -0.1) is 0 Å². The maximum Gasteiger partial charge on any atom is 0.254 e. The van der Waals surface area contributed by atoms with Crippen LogP contribution < -0.4 is 4.90 Å². The first-order valence-corrected chi connectivity index (χ1v) is 18.0. The van der Waals surface area contributed by atoms with Gasteiger partial charge in [-0.3, -0.25) is 28.9 Å². The van der Waals surface area contributed by atoms with Crippen molar-refractivity contribution in [1.82, 2.24) is 14.7 Å². The highest BCUT2D eigenvalue weighted by Gasteiger charge is 2.37. The molecule has 0 bridgehead atoms. The van der Waals surface area contributed by atoms with E-state index in [1.54, 1.807) is 82.6 Å². The molecule has 2 amide bonds. The number of carbonyl (C=O) groups excluding carboxylic acids is 5. The molecular weight excluding hydrogens is 644 g/mol. The fourth-order valence-corrected chi connectivity index (χ4v) is 7.30. The standard InChI is InChI=1S/C41H48N4O6/c1-6-42(7-2)28-18-19-33(36(46)26-28)38(48)29-14-10-12-16-31(29)40(50)44-22-24-45(25-23-44)41(51)32-17-13-11-15-30(32)39(49)34-20-21-35(27(5)37(34)47)43(8-3)9-4/h10-20,26-27,35,46H,6-9,21-25H2,1-5H3. The van der Waals surface area contributed by atoms with Gasteiger partial charge in [0.05, 0.1) is 22.3 Å². The van der Waals surface area contributed by atoms with E-state index in [2.05, 4.69) is 23.6 Å². The number of anilines is 1. The van der Waals surface area contributed by atoms with Crippen molar-refractivity contribution in [3.05, 3.63) is 106 Å². The van der Waals surface area contributed by atoms with Gasteiger partial charge in [-0.25, -0.2) is 0 Å². The Bertz CT molecular complexity index is 1830. The van der Waals surface area contributed by atoms with Crippen LogP contribution in [0.1, 0.15) is 88.0 Å². The number of hydrogen-bond acceptors (Lipinski definition) is 8. The molecule has 10 heteroatoms. The molecule has 1 aliphatic carbocycles. The molecule has 1 N–H and O–H groups in total. The summed E-state index contributed by atoms with van der Waals surface area (Å²) in [5.74, 6) is -2.29. The first-order chi connectivity index (χ1) is 24.6. The predicted octanol–water partition coefficient (Wildman–Crippen LogP) is 5.50. The molecule has 2 unspecified atom stereocenters. The zero-order chi connectivity index (χ0) is 36.8. The van der Waals surface area contributed by atoms with Crippen molar-refractivity contribution in [2.45, 2.75) is 47.1 Å². The highest BCUT2D eigenvalue weighted by Crippen LogP contribution is 2.30. The number of phenolic OH excluding ortho intramolecular Hbond substituents is 1.